The van der Waals surface area contributed by atoms with Crippen LogP contribution in [-0.4, -0.2) is 4.98 Å². The first-order chi connectivity index (χ1) is 12.0. The molecule has 0 atom stereocenters. The summed E-state index contributed by atoms with van der Waals surface area (Å²) in [6.07, 6.45) is 4.10. The third-order valence-electron chi connectivity index (χ3n) is 4.89. The van der Waals surface area contributed by atoms with Crippen LogP contribution in [0.2, 0.25) is 0 Å². The summed E-state index contributed by atoms with van der Waals surface area (Å²) in [5, 5.41) is 1.09. The second-order valence-electron chi connectivity index (χ2n) is 7.18. The van der Waals surface area contributed by atoms with Crippen molar-refractivity contribution in [3.63, 3.8) is 0 Å². The van der Waals surface area contributed by atoms with Gasteiger partial charge in [-0.05, 0) is 43.0 Å². The molecular formula is C22H23N2O+. The molecule has 0 saturated carbocycles. The number of aromatic nitrogens is 2. The molecule has 4 rings (SSSR count). The zero-order valence-electron chi connectivity index (χ0n) is 15.4. The van der Waals surface area contributed by atoms with Gasteiger partial charge in [-0.25, -0.2) is 4.57 Å². The molecule has 0 amide bonds. The average Bonchev–Trinajstić information content (AvgIpc) is 2.94. The first-order valence-corrected chi connectivity index (χ1v) is 8.74. The van der Waals surface area contributed by atoms with E-state index < -0.39 is 0 Å². The number of benzene rings is 1. The van der Waals surface area contributed by atoms with E-state index in [2.05, 4.69) is 75.8 Å². The number of pyridine rings is 2. The standard InChI is InChI=1S/C22H23N2O/c1-13(2)16-7-6-8-17-20-22(25-21(16)17)19(15(4)11-23-20)18-10-9-14(3)12-24(18)5/h6-13H,1-5H3/q+1. The molecule has 0 aliphatic carbocycles. The lowest BCUT2D eigenvalue weighted by Gasteiger charge is -2.05. The smallest absolute Gasteiger partial charge is 0.216 e. The maximum Gasteiger partial charge on any atom is 0.216 e. The molecule has 4 aromatic rings. The Morgan fingerprint density at radius 3 is 2.56 bits per heavy atom. The third kappa shape index (κ3) is 2.42. The van der Waals surface area contributed by atoms with E-state index in [0.29, 0.717) is 5.92 Å². The monoisotopic (exact) mass is 331 g/mol. The fourth-order valence-corrected chi connectivity index (χ4v) is 3.61. The summed E-state index contributed by atoms with van der Waals surface area (Å²) < 4.78 is 8.58. The molecule has 0 N–H and O–H groups in total. The highest BCUT2D eigenvalue weighted by Crippen LogP contribution is 2.38. The Labute approximate surface area is 147 Å². The minimum atomic E-state index is 0.407. The Hall–Kier alpha value is -2.68. The zero-order chi connectivity index (χ0) is 17.7. The second-order valence-corrected chi connectivity index (χ2v) is 7.18. The lowest BCUT2D eigenvalue weighted by Crippen LogP contribution is -2.31. The van der Waals surface area contributed by atoms with Gasteiger partial charge in [0.25, 0.3) is 0 Å². The van der Waals surface area contributed by atoms with Crippen LogP contribution in [0.3, 0.4) is 0 Å². The van der Waals surface area contributed by atoms with Crippen molar-refractivity contribution >= 4 is 22.1 Å². The van der Waals surface area contributed by atoms with Crippen molar-refractivity contribution in [2.75, 3.05) is 0 Å². The van der Waals surface area contributed by atoms with Crippen molar-refractivity contribution in [1.29, 1.82) is 0 Å². The van der Waals surface area contributed by atoms with Gasteiger partial charge in [-0.2, -0.15) is 0 Å². The fourth-order valence-electron chi connectivity index (χ4n) is 3.61. The van der Waals surface area contributed by atoms with Crippen molar-refractivity contribution < 1.29 is 8.98 Å². The van der Waals surface area contributed by atoms with Gasteiger partial charge in [0.15, 0.2) is 11.8 Å². The van der Waals surface area contributed by atoms with Crippen molar-refractivity contribution in [1.82, 2.24) is 4.98 Å². The summed E-state index contributed by atoms with van der Waals surface area (Å²) in [4.78, 5) is 4.70. The Balaban J connectivity index is 2.13. The highest BCUT2D eigenvalue weighted by atomic mass is 16.3. The van der Waals surface area contributed by atoms with Gasteiger partial charge in [0.1, 0.15) is 18.1 Å². The molecule has 3 heteroatoms. The summed E-state index contributed by atoms with van der Waals surface area (Å²) in [5.74, 6) is 0.407. The van der Waals surface area contributed by atoms with Crippen LogP contribution in [-0.2, 0) is 7.05 Å². The highest BCUT2D eigenvalue weighted by molar-refractivity contribution is 6.08. The minimum absolute atomic E-state index is 0.407. The summed E-state index contributed by atoms with van der Waals surface area (Å²) >= 11 is 0. The molecule has 1 aromatic carbocycles. The van der Waals surface area contributed by atoms with Crippen LogP contribution in [0.1, 0.15) is 36.5 Å². The summed E-state index contributed by atoms with van der Waals surface area (Å²) in [5.41, 5.74) is 8.63. The van der Waals surface area contributed by atoms with E-state index in [1.165, 1.54) is 11.1 Å². The quantitative estimate of drug-likeness (QED) is 0.472. The van der Waals surface area contributed by atoms with Crippen LogP contribution >= 0.6 is 0 Å². The van der Waals surface area contributed by atoms with E-state index in [1.807, 2.05) is 6.20 Å². The molecule has 0 aliphatic rings. The molecule has 0 radical (unpaired) electrons. The van der Waals surface area contributed by atoms with E-state index in [4.69, 9.17) is 9.40 Å². The number of fused-ring (bicyclic) bond motifs is 3. The van der Waals surface area contributed by atoms with Crippen LogP contribution in [0.4, 0.5) is 0 Å². The number of nitrogens with zero attached hydrogens (tertiary/aromatic N) is 2. The predicted octanol–water partition coefficient (Wildman–Crippen LogP) is 5.21. The number of hydrogen-bond acceptors (Lipinski definition) is 2. The van der Waals surface area contributed by atoms with E-state index in [-0.39, 0.29) is 0 Å². The number of aryl methyl sites for hydroxylation is 3. The molecule has 0 bridgehead atoms. The largest absolute Gasteiger partial charge is 0.453 e. The molecule has 0 saturated heterocycles. The molecule has 0 aliphatic heterocycles. The number of furan rings is 1. The van der Waals surface area contributed by atoms with E-state index in [0.717, 1.165) is 38.9 Å². The summed E-state index contributed by atoms with van der Waals surface area (Å²) in [6.45, 7) is 8.59. The Morgan fingerprint density at radius 2 is 1.84 bits per heavy atom. The van der Waals surface area contributed by atoms with Gasteiger partial charge in [-0.15, -0.1) is 0 Å². The van der Waals surface area contributed by atoms with Crippen molar-refractivity contribution in [3.8, 4) is 11.3 Å². The SMILES string of the molecule is Cc1ccc(-c2c(C)cnc3c2oc2c(C(C)C)cccc23)[n+](C)c1. The summed E-state index contributed by atoms with van der Waals surface area (Å²) in [7, 11) is 2.08. The van der Waals surface area contributed by atoms with Gasteiger partial charge in [-0.3, -0.25) is 4.98 Å². The Kier molecular flexibility index (Phi) is 3.60. The van der Waals surface area contributed by atoms with Crippen LogP contribution in [0, 0.1) is 13.8 Å². The molecule has 0 fully saturated rings. The van der Waals surface area contributed by atoms with Crippen LogP contribution in [0.25, 0.3) is 33.3 Å². The third-order valence-corrected chi connectivity index (χ3v) is 4.89. The van der Waals surface area contributed by atoms with Crippen molar-refractivity contribution in [3.05, 3.63) is 59.4 Å². The van der Waals surface area contributed by atoms with Gasteiger partial charge in [-0.1, -0.05) is 26.0 Å². The van der Waals surface area contributed by atoms with Gasteiger partial charge in [0.2, 0.25) is 5.69 Å². The van der Waals surface area contributed by atoms with Crippen molar-refractivity contribution in [2.24, 2.45) is 7.05 Å². The Morgan fingerprint density at radius 1 is 1.04 bits per heavy atom. The van der Waals surface area contributed by atoms with Crippen LogP contribution in [0.15, 0.2) is 47.1 Å². The molecule has 3 nitrogen and oxygen atoms in total. The average molecular weight is 331 g/mol. The normalized spacial score (nSPS) is 11.8. The lowest BCUT2D eigenvalue weighted by molar-refractivity contribution is -0.660. The van der Waals surface area contributed by atoms with Gasteiger partial charge < -0.3 is 4.42 Å². The van der Waals surface area contributed by atoms with Gasteiger partial charge in [0, 0.05) is 23.2 Å². The number of rotatable bonds is 2. The molecule has 0 unspecified atom stereocenters. The molecule has 126 valence electrons. The van der Waals surface area contributed by atoms with Crippen molar-refractivity contribution in [2.45, 2.75) is 33.6 Å². The minimum Gasteiger partial charge on any atom is -0.453 e. The topological polar surface area (TPSA) is 29.9 Å². The van der Waals surface area contributed by atoms with Gasteiger partial charge >= 0.3 is 0 Å². The first kappa shape index (κ1) is 15.8. The predicted molar refractivity (Wildman–Crippen MR) is 102 cm³/mol. The zero-order valence-corrected chi connectivity index (χ0v) is 15.4. The maximum atomic E-state index is 6.42. The van der Waals surface area contributed by atoms with E-state index in [1.54, 1.807) is 0 Å². The van der Waals surface area contributed by atoms with Crippen LogP contribution < -0.4 is 4.57 Å². The van der Waals surface area contributed by atoms with E-state index in [9.17, 15) is 0 Å². The summed E-state index contributed by atoms with van der Waals surface area (Å²) in [6, 6.07) is 10.7. The molecular weight excluding hydrogens is 308 g/mol. The molecule has 3 aromatic heterocycles. The van der Waals surface area contributed by atoms with E-state index >= 15 is 0 Å². The molecule has 0 spiro atoms. The number of para-hydroxylation sites is 1. The number of hydrogen-bond donors (Lipinski definition) is 0. The highest BCUT2D eigenvalue weighted by Gasteiger charge is 2.22. The fraction of sp³-hybridized carbons (Fsp3) is 0.273. The lowest BCUT2D eigenvalue weighted by atomic mass is 10.0. The second kappa shape index (κ2) is 5.69. The Bertz CT molecular complexity index is 1110. The van der Waals surface area contributed by atoms with Crippen LogP contribution in [0.5, 0.6) is 0 Å². The molecule has 25 heavy (non-hydrogen) atoms. The first-order valence-electron chi connectivity index (χ1n) is 8.74. The van der Waals surface area contributed by atoms with Gasteiger partial charge in [0.05, 0.1) is 5.56 Å². The maximum absolute atomic E-state index is 6.42. The molecule has 3 heterocycles.